The Morgan fingerprint density at radius 2 is 1.73 bits per heavy atom. The predicted molar refractivity (Wildman–Crippen MR) is 84.6 cm³/mol. The third-order valence-corrected chi connectivity index (χ3v) is 3.96. The van der Waals surface area contributed by atoms with E-state index in [4.69, 9.17) is 34.8 Å². The summed E-state index contributed by atoms with van der Waals surface area (Å²) in [5, 5.41) is 2.56. The van der Waals surface area contributed by atoms with Crippen molar-refractivity contribution in [3.63, 3.8) is 0 Å². The maximum absolute atomic E-state index is 12.2. The molecule has 1 aromatic carbocycles. The molecular formula is C12H8Cl3N3O3S. The molecule has 2 rings (SSSR count). The first-order valence-electron chi connectivity index (χ1n) is 5.67. The van der Waals surface area contributed by atoms with Crippen LogP contribution in [0.2, 0.25) is 15.1 Å². The average molecular weight is 381 g/mol. The van der Waals surface area contributed by atoms with Gasteiger partial charge >= 0.3 is 0 Å². The van der Waals surface area contributed by atoms with Gasteiger partial charge in [-0.15, -0.1) is 0 Å². The first-order valence-corrected chi connectivity index (χ1v) is 8.69. The molecule has 0 fully saturated rings. The van der Waals surface area contributed by atoms with Gasteiger partial charge < -0.3 is 5.32 Å². The monoisotopic (exact) mass is 379 g/mol. The van der Waals surface area contributed by atoms with Gasteiger partial charge in [0, 0.05) is 22.0 Å². The molecule has 10 heteroatoms. The van der Waals surface area contributed by atoms with Gasteiger partial charge in [-0.05, 0) is 18.2 Å². The van der Waals surface area contributed by atoms with E-state index in [2.05, 4.69) is 15.3 Å². The summed E-state index contributed by atoms with van der Waals surface area (Å²) in [7, 11) is -3.66. The topological polar surface area (TPSA) is 89.0 Å². The van der Waals surface area contributed by atoms with Gasteiger partial charge in [0.05, 0.1) is 11.2 Å². The minimum Gasteiger partial charge on any atom is -0.321 e. The van der Waals surface area contributed by atoms with Crippen LogP contribution < -0.4 is 5.32 Å². The first kappa shape index (κ1) is 17.0. The highest BCUT2D eigenvalue weighted by Gasteiger charge is 2.19. The van der Waals surface area contributed by atoms with Crippen LogP contribution in [-0.4, -0.2) is 30.5 Å². The van der Waals surface area contributed by atoms with Crippen LogP contribution in [0.25, 0.3) is 0 Å². The van der Waals surface area contributed by atoms with E-state index in [1.807, 2.05) is 0 Å². The number of rotatable bonds is 3. The third-order valence-electron chi connectivity index (χ3n) is 2.39. The first-order chi connectivity index (χ1) is 10.2. The molecule has 0 aliphatic carbocycles. The van der Waals surface area contributed by atoms with Crippen molar-refractivity contribution in [1.82, 2.24) is 9.97 Å². The number of nitrogens with one attached hydrogen (secondary N) is 1. The normalized spacial score (nSPS) is 11.3. The number of nitrogens with zero attached hydrogens (tertiary/aromatic N) is 2. The zero-order valence-corrected chi connectivity index (χ0v) is 14.1. The molecule has 0 aliphatic heterocycles. The number of benzene rings is 1. The van der Waals surface area contributed by atoms with E-state index in [0.717, 1.165) is 12.5 Å². The van der Waals surface area contributed by atoms with Crippen molar-refractivity contribution in [2.45, 2.75) is 5.16 Å². The molecule has 6 nitrogen and oxygen atoms in total. The van der Waals surface area contributed by atoms with Gasteiger partial charge in [-0.2, -0.15) is 0 Å². The number of halogens is 3. The molecule has 2 aromatic rings. The minimum absolute atomic E-state index is 0.0852. The van der Waals surface area contributed by atoms with Crippen molar-refractivity contribution in [1.29, 1.82) is 0 Å². The highest BCUT2D eigenvalue weighted by atomic mass is 35.5. The number of hydrogen-bond donors (Lipinski definition) is 1. The molecule has 0 atom stereocenters. The Morgan fingerprint density at radius 3 is 2.27 bits per heavy atom. The number of amides is 1. The fourth-order valence-corrected chi connectivity index (χ4v) is 2.71. The standard InChI is InChI=1S/C12H8Cl3N3O3S/c1-22(20,21)12-16-5-9(15)10(18-12)11(19)17-8-3-6(13)2-7(14)4-8/h2-5H,1H3,(H,17,19). The maximum Gasteiger partial charge on any atom is 0.275 e. The van der Waals surface area contributed by atoms with Crippen molar-refractivity contribution in [2.24, 2.45) is 0 Å². The predicted octanol–water partition coefficient (Wildman–Crippen LogP) is 3.09. The summed E-state index contributed by atoms with van der Waals surface area (Å²) in [6.07, 6.45) is 1.97. The van der Waals surface area contributed by atoms with Gasteiger partial charge in [-0.3, -0.25) is 4.79 Å². The molecule has 0 unspecified atom stereocenters. The van der Waals surface area contributed by atoms with Gasteiger partial charge in [0.2, 0.25) is 15.0 Å². The zero-order valence-electron chi connectivity index (χ0n) is 11.0. The van der Waals surface area contributed by atoms with Crippen LogP contribution in [0, 0.1) is 0 Å². The smallest absolute Gasteiger partial charge is 0.275 e. The molecule has 116 valence electrons. The summed E-state index contributed by atoms with van der Waals surface area (Å²) in [6.45, 7) is 0. The molecule has 0 bridgehead atoms. The summed E-state index contributed by atoms with van der Waals surface area (Å²) in [5.74, 6) is -0.712. The second-order valence-corrected chi connectivity index (χ2v) is 7.42. The molecule has 22 heavy (non-hydrogen) atoms. The van der Waals surface area contributed by atoms with Crippen molar-refractivity contribution < 1.29 is 13.2 Å². The molecule has 0 radical (unpaired) electrons. The highest BCUT2D eigenvalue weighted by molar-refractivity contribution is 7.90. The summed E-state index contributed by atoms with van der Waals surface area (Å²) in [4.78, 5) is 19.4. The van der Waals surface area contributed by atoms with E-state index < -0.39 is 20.9 Å². The molecular weight excluding hydrogens is 373 g/mol. The Balaban J connectivity index is 2.37. The van der Waals surface area contributed by atoms with Crippen molar-refractivity contribution in [3.05, 3.63) is 45.2 Å². The quantitative estimate of drug-likeness (QED) is 0.827. The fourth-order valence-electron chi connectivity index (χ4n) is 1.51. The van der Waals surface area contributed by atoms with Gasteiger partial charge in [-0.1, -0.05) is 34.8 Å². The number of anilines is 1. The van der Waals surface area contributed by atoms with Crippen molar-refractivity contribution >= 4 is 56.2 Å². The molecule has 0 saturated heterocycles. The average Bonchev–Trinajstić information content (AvgIpc) is 2.36. The highest BCUT2D eigenvalue weighted by Crippen LogP contribution is 2.23. The van der Waals surface area contributed by atoms with E-state index >= 15 is 0 Å². The lowest BCUT2D eigenvalue weighted by molar-refractivity contribution is 0.102. The van der Waals surface area contributed by atoms with Gasteiger partial charge in [0.15, 0.2) is 5.69 Å². The second kappa shape index (κ2) is 6.37. The van der Waals surface area contributed by atoms with Crippen LogP contribution in [0.4, 0.5) is 5.69 Å². The molecule has 1 heterocycles. The van der Waals surface area contributed by atoms with Crippen molar-refractivity contribution in [3.8, 4) is 0 Å². The van der Waals surface area contributed by atoms with Crippen LogP contribution in [0.5, 0.6) is 0 Å². The lowest BCUT2D eigenvalue weighted by Crippen LogP contribution is -2.17. The number of carbonyl (C=O) groups is 1. The Morgan fingerprint density at radius 1 is 1.14 bits per heavy atom. The minimum atomic E-state index is -3.66. The Labute approximate surface area is 141 Å². The van der Waals surface area contributed by atoms with Crippen LogP contribution in [0.1, 0.15) is 10.5 Å². The summed E-state index contributed by atoms with van der Waals surface area (Å²) >= 11 is 17.5. The summed E-state index contributed by atoms with van der Waals surface area (Å²) in [5.41, 5.74) is 0.0475. The molecule has 0 spiro atoms. The number of sulfone groups is 1. The van der Waals surface area contributed by atoms with Crippen LogP contribution in [0.3, 0.4) is 0 Å². The molecule has 1 N–H and O–H groups in total. The molecule has 1 amide bonds. The SMILES string of the molecule is CS(=O)(=O)c1ncc(Cl)c(C(=O)Nc2cc(Cl)cc(Cl)c2)n1. The van der Waals surface area contributed by atoms with E-state index in [9.17, 15) is 13.2 Å². The lowest BCUT2D eigenvalue weighted by atomic mass is 10.3. The van der Waals surface area contributed by atoms with Crippen LogP contribution >= 0.6 is 34.8 Å². The van der Waals surface area contributed by atoms with E-state index in [1.54, 1.807) is 0 Å². The van der Waals surface area contributed by atoms with E-state index in [1.165, 1.54) is 18.2 Å². The van der Waals surface area contributed by atoms with Gasteiger partial charge in [0.25, 0.3) is 5.91 Å². The van der Waals surface area contributed by atoms with Crippen molar-refractivity contribution in [2.75, 3.05) is 11.6 Å². The second-order valence-electron chi connectivity index (χ2n) is 4.23. The third kappa shape index (κ3) is 4.07. The fraction of sp³-hybridized carbons (Fsp3) is 0.0833. The Hall–Kier alpha value is -1.41. The molecule has 1 aromatic heterocycles. The number of aromatic nitrogens is 2. The Kier molecular flexibility index (Phi) is 4.91. The maximum atomic E-state index is 12.2. The van der Waals surface area contributed by atoms with E-state index in [0.29, 0.717) is 15.7 Å². The largest absolute Gasteiger partial charge is 0.321 e. The van der Waals surface area contributed by atoms with Crippen LogP contribution in [-0.2, 0) is 9.84 Å². The lowest BCUT2D eigenvalue weighted by Gasteiger charge is -2.08. The van der Waals surface area contributed by atoms with Gasteiger partial charge in [-0.25, -0.2) is 18.4 Å². The zero-order chi connectivity index (χ0) is 16.5. The van der Waals surface area contributed by atoms with Crippen LogP contribution in [0.15, 0.2) is 29.6 Å². The Bertz CT molecular complexity index is 836. The van der Waals surface area contributed by atoms with E-state index in [-0.39, 0.29) is 10.7 Å². The van der Waals surface area contributed by atoms with Gasteiger partial charge in [0.1, 0.15) is 0 Å². The number of hydrogen-bond acceptors (Lipinski definition) is 5. The molecule has 0 saturated carbocycles. The summed E-state index contributed by atoms with van der Waals surface area (Å²) in [6, 6.07) is 4.44. The number of carbonyl (C=O) groups excluding carboxylic acids is 1. The molecule has 0 aliphatic rings. The summed E-state index contributed by atoms with van der Waals surface area (Å²) < 4.78 is 22.9.